The SMILES string of the molecule is Cc1nccc2nc(-c3[c-]ccc4c3oc3cccc(C(C)C)c34)n(-c3ccc(-c4ccccc4)cc3C(C)(C)C)c12.[2H]C([2H])(c1cc(-c2[c-]cccc2)ncc1[Si](C)(C)C)C(C)(C)C.[Ir]. The predicted octanol–water partition coefficient (Wildman–Crippen LogP) is 14.9. The van der Waals surface area contributed by atoms with Crippen molar-refractivity contribution >= 4 is 46.2 Å². The molecule has 0 bridgehead atoms. The van der Waals surface area contributed by atoms with E-state index in [4.69, 9.17) is 17.1 Å². The van der Waals surface area contributed by atoms with Gasteiger partial charge in [-0.2, -0.15) is 0 Å². The monoisotopic (exact) mass is 1040 g/mol. The van der Waals surface area contributed by atoms with Crippen LogP contribution in [0.15, 0.2) is 132 Å². The standard InChI is InChI=1S/C38H34N3O.C19H26NSi.Ir/c1-23(2)27-14-11-17-33-34(27)28-15-10-16-29(36(28)42-33)37-40-31-20-21-39-24(3)35(31)41(37)32-19-18-26(22-30(32)38(4,5)6)25-12-8-7-9-13-25;1-19(2,3)13-16-12-17(15-10-8-7-9-11-15)20-14-18(16)21(4,5)6;/h7-15,17-23H,1-6H3;7-10,12,14H,13H2,1-6H3;/q2*-1;/i;13D2;. The number of imidazole rings is 1. The number of pyridine rings is 2. The van der Waals surface area contributed by atoms with Gasteiger partial charge in [-0.1, -0.05) is 146 Å². The van der Waals surface area contributed by atoms with Crippen LogP contribution in [0.25, 0.3) is 72.4 Å². The number of benzene rings is 5. The Hall–Kier alpha value is -5.46. The maximum Gasteiger partial charge on any atom is 0.121 e. The Kier molecular flexibility index (Phi) is 12.4. The van der Waals surface area contributed by atoms with Crippen LogP contribution in [0.2, 0.25) is 19.6 Å². The Balaban J connectivity index is 0.000000230. The minimum atomic E-state index is -1.70. The van der Waals surface area contributed by atoms with Gasteiger partial charge in [-0.05, 0) is 87.4 Å². The molecule has 329 valence electrons. The second kappa shape index (κ2) is 18.2. The molecule has 4 heterocycles. The molecular weight excluding hydrogens is 977 g/mol. The summed E-state index contributed by atoms with van der Waals surface area (Å²) in [7, 11) is -1.70. The zero-order valence-corrected chi connectivity index (χ0v) is 42.6. The Morgan fingerprint density at radius 3 is 2.22 bits per heavy atom. The Morgan fingerprint density at radius 1 is 0.797 bits per heavy atom. The molecule has 5 nitrogen and oxygen atoms in total. The van der Waals surface area contributed by atoms with Gasteiger partial charge in [0.15, 0.2) is 0 Å². The summed E-state index contributed by atoms with van der Waals surface area (Å²) in [6, 6.07) is 46.1. The van der Waals surface area contributed by atoms with Gasteiger partial charge in [0.05, 0.1) is 36.2 Å². The fourth-order valence-corrected chi connectivity index (χ4v) is 9.85. The minimum absolute atomic E-state index is 0. The van der Waals surface area contributed by atoms with Crippen molar-refractivity contribution in [2.75, 3.05) is 0 Å². The third-order valence-corrected chi connectivity index (χ3v) is 13.5. The third kappa shape index (κ3) is 9.49. The first-order valence-corrected chi connectivity index (χ1v) is 25.6. The molecule has 1 radical (unpaired) electrons. The zero-order valence-electron chi connectivity index (χ0n) is 41.2. The van der Waals surface area contributed by atoms with Crippen LogP contribution in [0.1, 0.15) is 86.4 Å². The van der Waals surface area contributed by atoms with Crippen molar-refractivity contribution in [2.24, 2.45) is 5.41 Å². The van der Waals surface area contributed by atoms with Crippen molar-refractivity contribution in [3.8, 4) is 39.5 Å². The Morgan fingerprint density at radius 2 is 1.55 bits per heavy atom. The molecule has 64 heavy (non-hydrogen) atoms. The molecule has 0 spiro atoms. The number of nitrogens with zero attached hydrogens (tertiary/aromatic N) is 4. The summed E-state index contributed by atoms with van der Waals surface area (Å²) in [5.74, 6) is 1.17. The van der Waals surface area contributed by atoms with Crippen molar-refractivity contribution in [1.29, 1.82) is 0 Å². The van der Waals surface area contributed by atoms with Crippen LogP contribution in [0.3, 0.4) is 0 Å². The van der Waals surface area contributed by atoms with Gasteiger partial charge in [0.1, 0.15) is 5.58 Å². The number of furan rings is 1. The van der Waals surface area contributed by atoms with Gasteiger partial charge in [0.2, 0.25) is 0 Å². The molecule has 9 aromatic rings. The average Bonchev–Trinajstić information content (AvgIpc) is 3.86. The van der Waals surface area contributed by atoms with E-state index in [0.717, 1.165) is 72.4 Å². The second-order valence-electron chi connectivity index (χ2n) is 20.0. The number of hydrogen-bond donors (Lipinski definition) is 0. The van der Waals surface area contributed by atoms with Gasteiger partial charge in [-0.3, -0.25) is 9.97 Å². The normalized spacial score (nSPS) is 12.8. The van der Waals surface area contributed by atoms with E-state index < -0.39 is 19.9 Å². The maximum absolute atomic E-state index is 8.75. The maximum atomic E-state index is 8.75. The Labute approximate surface area is 397 Å². The van der Waals surface area contributed by atoms with Gasteiger partial charge in [-0.25, -0.2) is 0 Å². The van der Waals surface area contributed by atoms with Crippen LogP contribution in [-0.2, 0) is 31.9 Å². The summed E-state index contributed by atoms with van der Waals surface area (Å²) in [6.45, 7) is 25.9. The molecule has 0 N–H and O–H groups in total. The van der Waals surface area contributed by atoms with Crippen LogP contribution < -0.4 is 5.19 Å². The molecule has 0 aliphatic carbocycles. The number of hydrogen-bond acceptors (Lipinski definition) is 4. The number of rotatable bonds is 7. The Bertz CT molecular complexity index is 3170. The first-order valence-electron chi connectivity index (χ1n) is 23.1. The van der Waals surface area contributed by atoms with Gasteiger partial charge in [0, 0.05) is 46.3 Å². The summed E-state index contributed by atoms with van der Waals surface area (Å²) in [4.78, 5) is 14.5. The first-order chi connectivity index (χ1) is 30.7. The van der Waals surface area contributed by atoms with Crippen molar-refractivity contribution in [2.45, 2.75) is 99.7 Å². The predicted molar refractivity (Wildman–Crippen MR) is 268 cm³/mol. The van der Waals surface area contributed by atoms with E-state index in [1.165, 1.54) is 27.6 Å². The summed E-state index contributed by atoms with van der Waals surface area (Å²) in [5, 5.41) is 3.35. The fourth-order valence-electron chi connectivity index (χ4n) is 8.45. The van der Waals surface area contributed by atoms with Crippen LogP contribution >= 0.6 is 0 Å². The first kappa shape index (κ1) is 43.8. The van der Waals surface area contributed by atoms with Gasteiger partial charge < -0.3 is 14.0 Å². The summed E-state index contributed by atoms with van der Waals surface area (Å²) >= 11 is 0. The number of fused-ring (bicyclic) bond motifs is 4. The van der Waals surface area contributed by atoms with Crippen LogP contribution in [0.5, 0.6) is 0 Å². The van der Waals surface area contributed by atoms with Crippen molar-refractivity contribution in [1.82, 2.24) is 19.5 Å². The third-order valence-electron chi connectivity index (χ3n) is 11.4. The number of aromatic nitrogens is 4. The van der Waals surface area contributed by atoms with Crippen LogP contribution in [0, 0.1) is 24.5 Å². The minimum Gasteiger partial charge on any atom is -0.501 e. The molecular formula is C57H60IrN4OSi-2. The summed E-state index contributed by atoms with van der Waals surface area (Å²) in [6.07, 6.45) is 2.30. The van der Waals surface area contributed by atoms with E-state index in [1.807, 2.05) is 75.6 Å². The number of aryl methyl sites for hydroxylation is 1. The molecule has 0 unspecified atom stereocenters. The molecule has 0 aliphatic heterocycles. The van der Waals surface area contributed by atoms with Crippen molar-refractivity contribution in [3.05, 3.63) is 162 Å². The van der Waals surface area contributed by atoms with Gasteiger partial charge >= 0.3 is 0 Å². The van der Waals surface area contributed by atoms with Gasteiger partial charge in [0.25, 0.3) is 0 Å². The van der Waals surface area contributed by atoms with E-state index in [1.54, 1.807) is 0 Å². The van der Waals surface area contributed by atoms with Crippen molar-refractivity contribution in [3.63, 3.8) is 0 Å². The van der Waals surface area contributed by atoms with Crippen molar-refractivity contribution < 1.29 is 27.3 Å². The molecule has 0 fully saturated rings. The average molecular weight is 1040 g/mol. The van der Waals surface area contributed by atoms with E-state index in [0.29, 0.717) is 5.92 Å². The molecule has 0 saturated heterocycles. The molecule has 9 rings (SSSR count). The van der Waals surface area contributed by atoms with E-state index in [-0.39, 0.29) is 25.5 Å². The molecule has 5 aromatic carbocycles. The van der Waals surface area contributed by atoms with Crippen LogP contribution in [-0.4, -0.2) is 27.6 Å². The molecule has 0 atom stereocenters. The second-order valence-corrected chi connectivity index (χ2v) is 25.0. The molecule has 0 aliphatic rings. The summed E-state index contributed by atoms with van der Waals surface area (Å²) in [5.41, 5.74) is 13.2. The van der Waals surface area contributed by atoms with E-state index >= 15 is 0 Å². The van der Waals surface area contributed by atoms with E-state index in [2.05, 4.69) is 156 Å². The zero-order chi connectivity index (χ0) is 46.6. The molecule has 4 aromatic heterocycles. The topological polar surface area (TPSA) is 56.7 Å². The van der Waals surface area contributed by atoms with E-state index in [9.17, 15) is 0 Å². The molecule has 0 saturated carbocycles. The quantitative estimate of drug-likeness (QED) is 0.118. The van der Waals surface area contributed by atoms with Gasteiger partial charge in [-0.15, -0.1) is 54.1 Å². The fraction of sp³-hybridized carbons (Fsp3) is 0.281. The van der Waals surface area contributed by atoms with Crippen LogP contribution in [0.4, 0.5) is 0 Å². The molecule has 7 heteroatoms. The summed E-state index contributed by atoms with van der Waals surface area (Å²) < 4.78 is 26.4. The molecule has 0 amide bonds. The largest absolute Gasteiger partial charge is 0.501 e. The smallest absolute Gasteiger partial charge is 0.121 e.